The lowest BCUT2D eigenvalue weighted by atomic mass is 10.0. The molecule has 0 amide bonds. The first-order valence-electron chi connectivity index (χ1n) is 6.24. The fourth-order valence-electron chi connectivity index (χ4n) is 1.99. The van der Waals surface area contributed by atoms with Gasteiger partial charge in [0.05, 0.1) is 19.3 Å². The minimum Gasteiger partial charge on any atom is -0.390 e. The van der Waals surface area contributed by atoms with Crippen molar-refractivity contribution in [2.75, 3.05) is 13.6 Å². The number of aliphatic hydroxyl groups excluding tert-OH is 1. The number of allylic oxidation sites excluding steroid dienone is 2. The fraction of sp³-hybridized carbons (Fsp3) is 0.538. The highest BCUT2D eigenvalue weighted by Crippen LogP contribution is 2.14. The van der Waals surface area contributed by atoms with Crippen LogP contribution in [0.1, 0.15) is 19.0 Å². The maximum absolute atomic E-state index is 8.92. The monoisotopic (exact) mass is 248 g/mol. The van der Waals surface area contributed by atoms with Crippen LogP contribution in [-0.2, 0) is 13.2 Å². The van der Waals surface area contributed by atoms with E-state index in [9.17, 15) is 0 Å². The number of likely N-dealkylation sites (N-methyl/N-ethyl adjacent to an activating group) is 1. The van der Waals surface area contributed by atoms with Gasteiger partial charge in [-0.3, -0.25) is 9.58 Å². The molecule has 1 aromatic heterocycles. The van der Waals surface area contributed by atoms with Crippen molar-refractivity contribution in [3.63, 3.8) is 0 Å². The van der Waals surface area contributed by atoms with E-state index in [0.29, 0.717) is 11.7 Å². The Morgan fingerprint density at radius 2 is 2.39 bits per heavy atom. The van der Waals surface area contributed by atoms with Crippen LogP contribution in [0.3, 0.4) is 0 Å². The van der Waals surface area contributed by atoms with Gasteiger partial charge in [-0.15, -0.1) is 5.10 Å². The zero-order chi connectivity index (χ0) is 13.0. The molecule has 18 heavy (non-hydrogen) atoms. The Hall–Kier alpha value is -1.46. The average molecular weight is 248 g/mol. The third-order valence-electron chi connectivity index (χ3n) is 3.26. The number of rotatable bonds is 5. The van der Waals surface area contributed by atoms with Crippen LogP contribution in [0.4, 0.5) is 0 Å². The van der Waals surface area contributed by atoms with Crippen molar-refractivity contribution in [2.45, 2.75) is 32.5 Å². The number of aromatic nitrogens is 3. The summed E-state index contributed by atoms with van der Waals surface area (Å²) < 4.78 is 1.77. The number of hydrogen-bond donors (Lipinski definition) is 1. The van der Waals surface area contributed by atoms with Gasteiger partial charge in [0.15, 0.2) is 0 Å². The molecule has 0 radical (unpaired) electrons. The van der Waals surface area contributed by atoms with E-state index >= 15 is 0 Å². The van der Waals surface area contributed by atoms with E-state index in [1.807, 2.05) is 0 Å². The van der Waals surface area contributed by atoms with Crippen molar-refractivity contribution < 1.29 is 5.11 Å². The predicted octanol–water partition coefficient (Wildman–Crippen LogP) is 0.977. The van der Waals surface area contributed by atoms with Crippen molar-refractivity contribution in [2.24, 2.45) is 0 Å². The highest BCUT2D eigenvalue weighted by Gasteiger charge is 2.12. The SMILES string of the molecule is CC1=CCC(N(C)CCn2cc(CO)nn2)C=C1. The van der Waals surface area contributed by atoms with Crippen molar-refractivity contribution >= 4 is 0 Å². The van der Waals surface area contributed by atoms with E-state index in [1.54, 1.807) is 10.9 Å². The van der Waals surface area contributed by atoms with E-state index in [2.05, 4.69) is 47.4 Å². The zero-order valence-corrected chi connectivity index (χ0v) is 11.0. The van der Waals surface area contributed by atoms with Gasteiger partial charge in [-0.2, -0.15) is 0 Å². The van der Waals surface area contributed by atoms with Gasteiger partial charge in [-0.25, -0.2) is 0 Å². The Balaban J connectivity index is 1.81. The van der Waals surface area contributed by atoms with E-state index < -0.39 is 0 Å². The summed E-state index contributed by atoms with van der Waals surface area (Å²) in [5, 5.41) is 16.7. The Morgan fingerprint density at radius 3 is 3.00 bits per heavy atom. The average Bonchev–Trinajstić information content (AvgIpc) is 2.85. The van der Waals surface area contributed by atoms with E-state index in [1.165, 1.54) is 5.57 Å². The van der Waals surface area contributed by atoms with Gasteiger partial charge in [0.25, 0.3) is 0 Å². The minimum absolute atomic E-state index is 0.0503. The van der Waals surface area contributed by atoms with E-state index in [4.69, 9.17) is 5.11 Å². The fourth-order valence-corrected chi connectivity index (χ4v) is 1.99. The van der Waals surface area contributed by atoms with Crippen LogP contribution in [0.5, 0.6) is 0 Å². The van der Waals surface area contributed by atoms with Crippen LogP contribution in [0, 0.1) is 0 Å². The lowest BCUT2D eigenvalue weighted by molar-refractivity contribution is 0.264. The van der Waals surface area contributed by atoms with Crippen molar-refractivity contribution in [1.29, 1.82) is 0 Å². The molecule has 5 nitrogen and oxygen atoms in total. The lowest BCUT2D eigenvalue weighted by Crippen LogP contribution is -2.33. The molecular formula is C13H20N4O. The Labute approximate surface area is 107 Å². The first kappa shape index (κ1) is 13.0. The third-order valence-corrected chi connectivity index (χ3v) is 3.26. The van der Waals surface area contributed by atoms with Gasteiger partial charge in [0.1, 0.15) is 5.69 Å². The maximum atomic E-state index is 8.92. The van der Waals surface area contributed by atoms with E-state index in [0.717, 1.165) is 19.5 Å². The molecule has 0 saturated carbocycles. The van der Waals surface area contributed by atoms with Crippen LogP contribution in [0.25, 0.3) is 0 Å². The van der Waals surface area contributed by atoms with Crippen molar-refractivity contribution in [1.82, 2.24) is 19.9 Å². The number of nitrogens with zero attached hydrogens (tertiary/aromatic N) is 4. The van der Waals surface area contributed by atoms with Gasteiger partial charge in [0, 0.05) is 12.6 Å². The highest BCUT2D eigenvalue weighted by molar-refractivity contribution is 5.23. The van der Waals surface area contributed by atoms with Gasteiger partial charge < -0.3 is 5.11 Å². The van der Waals surface area contributed by atoms with Crippen LogP contribution in [-0.4, -0.2) is 44.6 Å². The quantitative estimate of drug-likeness (QED) is 0.844. The topological polar surface area (TPSA) is 54.2 Å². The molecule has 1 N–H and O–H groups in total. The smallest absolute Gasteiger partial charge is 0.108 e. The summed E-state index contributed by atoms with van der Waals surface area (Å²) in [6.07, 6.45) is 9.53. The van der Waals surface area contributed by atoms with Crippen molar-refractivity contribution in [3.8, 4) is 0 Å². The van der Waals surface area contributed by atoms with Gasteiger partial charge in [0.2, 0.25) is 0 Å². The molecule has 1 unspecified atom stereocenters. The summed E-state index contributed by atoms with van der Waals surface area (Å²) in [5.74, 6) is 0. The van der Waals surface area contributed by atoms with Crippen LogP contribution in [0.15, 0.2) is 30.0 Å². The molecular weight excluding hydrogens is 228 g/mol. The third kappa shape index (κ3) is 3.27. The molecule has 1 aliphatic carbocycles. The van der Waals surface area contributed by atoms with Crippen LogP contribution < -0.4 is 0 Å². The first-order valence-corrected chi connectivity index (χ1v) is 6.24. The summed E-state index contributed by atoms with van der Waals surface area (Å²) in [6.45, 7) is 3.77. The maximum Gasteiger partial charge on any atom is 0.108 e. The second kappa shape index (κ2) is 5.93. The standard InChI is InChI=1S/C13H20N4O/c1-11-3-5-13(6-4-11)16(2)7-8-17-9-12(10-18)14-15-17/h3-5,9,13,18H,6-8,10H2,1-2H3. The summed E-state index contributed by atoms with van der Waals surface area (Å²) in [7, 11) is 2.12. The number of aliphatic hydroxyl groups is 1. The van der Waals surface area contributed by atoms with Gasteiger partial charge in [-0.1, -0.05) is 29.0 Å². The predicted molar refractivity (Wildman–Crippen MR) is 69.9 cm³/mol. The van der Waals surface area contributed by atoms with Gasteiger partial charge >= 0.3 is 0 Å². The zero-order valence-electron chi connectivity index (χ0n) is 11.0. The Bertz CT molecular complexity index is 450. The molecule has 1 aromatic rings. The molecule has 1 aliphatic rings. The summed E-state index contributed by atoms with van der Waals surface area (Å²) in [4.78, 5) is 2.31. The largest absolute Gasteiger partial charge is 0.390 e. The van der Waals surface area contributed by atoms with Gasteiger partial charge in [-0.05, 0) is 20.4 Å². The Kier molecular flexibility index (Phi) is 4.28. The molecule has 0 aromatic carbocycles. The normalized spacial score (nSPS) is 19.3. The van der Waals surface area contributed by atoms with Crippen LogP contribution >= 0.6 is 0 Å². The second-order valence-electron chi connectivity index (χ2n) is 4.72. The number of hydrogen-bond acceptors (Lipinski definition) is 4. The van der Waals surface area contributed by atoms with Crippen LogP contribution in [0.2, 0.25) is 0 Å². The molecule has 0 fully saturated rings. The molecule has 1 atom stereocenters. The molecule has 98 valence electrons. The molecule has 5 heteroatoms. The lowest BCUT2D eigenvalue weighted by Gasteiger charge is -2.26. The summed E-state index contributed by atoms with van der Waals surface area (Å²) >= 11 is 0. The molecule has 0 saturated heterocycles. The highest BCUT2D eigenvalue weighted by atomic mass is 16.3. The molecule has 0 aliphatic heterocycles. The minimum atomic E-state index is -0.0503. The van der Waals surface area contributed by atoms with E-state index in [-0.39, 0.29) is 6.61 Å². The van der Waals surface area contributed by atoms with Crippen molar-refractivity contribution in [3.05, 3.63) is 35.7 Å². The second-order valence-corrected chi connectivity index (χ2v) is 4.72. The summed E-state index contributed by atoms with van der Waals surface area (Å²) in [6, 6.07) is 0.467. The molecule has 0 bridgehead atoms. The summed E-state index contributed by atoms with van der Waals surface area (Å²) in [5.41, 5.74) is 1.96. The Morgan fingerprint density at radius 1 is 1.56 bits per heavy atom. The molecule has 0 spiro atoms. The molecule has 2 rings (SSSR count). The first-order chi connectivity index (χ1) is 8.69. The molecule has 1 heterocycles.